The summed E-state index contributed by atoms with van der Waals surface area (Å²) in [6.45, 7) is 4.62. The summed E-state index contributed by atoms with van der Waals surface area (Å²) in [5.74, 6) is -2.51. The van der Waals surface area contributed by atoms with Gasteiger partial charge in [0.25, 0.3) is 11.6 Å². The Hall–Kier alpha value is -3.59. The lowest BCUT2D eigenvalue weighted by Crippen LogP contribution is -2.56. The van der Waals surface area contributed by atoms with Crippen molar-refractivity contribution in [2.24, 2.45) is 11.8 Å². The largest absolute Gasteiger partial charge is 0.310 e. The summed E-state index contributed by atoms with van der Waals surface area (Å²) in [7, 11) is 0. The van der Waals surface area contributed by atoms with E-state index in [4.69, 9.17) is 0 Å². The van der Waals surface area contributed by atoms with Crippen LogP contribution in [0.25, 0.3) is 0 Å². The molecule has 4 heterocycles. The van der Waals surface area contributed by atoms with E-state index >= 15 is 0 Å². The van der Waals surface area contributed by atoms with E-state index < -0.39 is 28.2 Å². The minimum absolute atomic E-state index is 0.146. The topological polar surface area (TPSA) is 104 Å². The zero-order valence-electron chi connectivity index (χ0n) is 18.9. The quantitative estimate of drug-likeness (QED) is 0.396. The third kappa shape index (κ3) is 2.30. The van der Waals surface area contributed by atoms with Crippen LogP contribution >= 0.6 is 0 Å². The lowest BCUT2D eigenvalue weighted by molar-refractivity contribution is -0.385. The van der Waals surface area contributed by atoms with Crippen molar-refractivity contribution in [3.63, 3.8) is 0 Å². The maximum atomic E-state index is 14.1. The number of nitrogens with zero attached hydrogens (tertiary/aromatic N) is 4. The third-order valence-electron chi connectivity index (χ3n) is 8.11. The zero-order valence-corrected chi connectivity index (χ0v) is 18.9. The number of likely N-dealkylation sites (N-methyl/N-ethyl adjacent to an activating group) is 1. The Morgan fingerprint density at radius 1 is 1.12 bits per heavy atom. The summed E-state index contributed by atoms with van der Waals surface area (Å²) in [5, 5.41) is 11.5. The van der Waals surface area contributed by atoms with Crippen LogP contribution in [-0.4, -0.2) is 46.7 Å². The van der Waals surface area contributed by atoms with E-state index in [0.717, 1.165) is 29.0 Å². The minimum atomic E-state index is -1.23. The van der Waals surface area contributed by atoms with Gasteiger partial charge >= 0.3 is 0 Å². The lowest BCUT2D eigenvalue weighted by atomic mass is 9.75. The Balaban J connectivity index is 1.54. The highest BCUT2D eigenvalue weighted by atomic mass is 16.6. The number of benzene rings is 2. The van der Waals surface area contributed by atoms with Crippen molar-refractivity contribution < 1.29 is 19.3 Å². The van der Waals surface area contributed by atoms with Crippen LogP contribution in [0.1, 0.15) is 30.9 Å². The maximum Gasteiger partial charge on any atom is 0.274 e. The van der Waals surface area contributed by atoms with Crippen molar-refractivity contribution >= 4 is 34.8 Å². The number of imide groups is 1. The number of aryl methyl sites for hydroxylation is 1. The fraction of sp³-hybridized carbons (Fsp3) is 0.400. The zero-order chi connectivity index (χ0) is 23.9. The van der Waals surface area contributed by atoms with Gasteiger partial charge < -0.3 is 4.90 Å². The molecule has 6 rings (SSSR count). The number of anilines is 2. The second kappa shape index (κ2) is 6.96. The summed E-state index contributed by atoms with van der Waals surface area (Å²) in [6, 6.07) is 11.7. The number of hydrogen-bond acceptors (Lipinski definition) is 6. The van der Waals surface area contributed by atoms with Gasteiger partial charge in [0.05, 0.1) is 22.4 Å². The number of fused-ring (bicyclic) bond motifs is 7. The first-order chi connectivity index (χ1) is 16.3. The molecule has 4 aliphatic heterocycles. The predicted molar refractivity (Wildman–Crippen MR) is 123 cm³/mol. The first-order valence-corrected chi connectivity index (χ1v) is 11.6. The number of nitro benzene ring substituents is 1. The van der Waals surface area contributed by atoms with Gasteiger partial charge in [-0.2, -0.15) is 0 Å². The molecule has 1 spiro atoms. The van der Waals surface area contributed by atoms with Gasteiger partial charge in [-0.15, -0.1) is 0 Å². The van der Waals surface area contributed by atoms with Gasteiger partial charge in [0.1, 0.15) is 5.54 Å². The predicted octanol–water partition coefficient (Wildman–Crippen LogP) is 2.75. The molecule has 3 fully saturated rings. The second-order valence-electron chi connectivity index (χ2n) is 9.48. The van der Waals surface area contributed by atoms with E-state index in [1.165, 1.54) is 6.07 Å². The molecule has 0 N–H and O–H groups in total. The molecule has 174 valence electrons. The summed E-state index contributed by atoms with van der Waals surface area (Å²) in [6.07, 6.45) is 1.57. The molecule has 2 aromatic rings. The van der Waals surface area contributed by atoms with E-state index in [-0.39, 0.29) is 29.2 Å². The lowest BCUT2D eigenvalue weighted by Gasteiger charge is -2.37. The molecular formula is C25H24N4O5. The van der Waals surface area contributed by atoms with E-state index in [0.29, 0.717) is 18.7 Å². The van der Waals surface area contributed by atoms with Crippen LogP contribution in [0, 0.1) is 28.9 Å². The van der Waals surface area contributed by atoms with E-state index in [9.17, 15) is 24.5 Å². The number of para-hydroxylation sites is 1. The molecule has 0 radical (unpaired) electrons. The standard InChI is InChI=1S/C25H24N4O5/c1-3-26-17-8-5-4-7-16(17)25(24(26)32)21-20(18-9-6-12-27(18)25)22(30)28(23(21)31)15-11-10-14(2)19(13-15)29(33)34/h4-5,7-8,10-11,13,18,20-21H,3,6,9,12H2,1-2H3/t18-,20-,21-,25-/m0/s1. The van der Waals surface area contributed by atoms with Crippen molar-refractivity contribution in [3.8, 4) is 0 Å². The molecule has 3 amide bonds. The molecule has 0 bridgehead atoms. The van der Waals surface area contributed by atoms with Crippen LogP contribution in [0.2, 0.25) is 0 Å². The van der Waals surface area contributed by atoms with Gasteiger partial charge in [0.2, 0.25) is 11.8 Å². The second-order valence-corrected chi connectivity index (χ2v) is 9.48. The van der Waals surface area contributed by atoms with Crippen LogP contribution in [0.15, 0.2) is 42.5 Å². The van der Waals surface area contributed by atoms with E-state index in [1.54, 1.807) is 24.0 Å². The summed E-state index contributed by atoms with van der Waals surface area (Å²) in [5.41, 5.74) is 0.825. The van der Waals surface area contributed by atoms with Gasteiger partial charge in [-0.25, -0.2) is 4.90 Å². The third-order valence-corrected chi connectivity index (χ3v) is 8.11. The Bertz CT molecular complexity index is 1290. The minimum Gasteiger partial charge on any atom is -0.310 e. The van der Waals surface area contributed by atoms with Gasteiger partial charge in [-0.05, 0) is 45.4 Å². The van der Waals surface area contributed by atoms with Crippen LogP contribution in [-0.2, 0) is 19.9 Å². The van der Waals surface area contributed by atoms with Crippen LogP contribution in [0.5, 0.6) is 0 Å². The van der Waals surface area contributed by atoms with E-state index in [2.05, 4.69) is 4.90 Å². The molecule has 0 unspecified atom stereocenters. The summed E-state index contributed by atoms with van der Waals surface area (Å²) < 4.78 is 0. The van der Waals surface area contributed by atoms with Crippen molar-refractivity contribution in [2.75, 3.05) is 22.9 Å². The first-order valence-electron chi connectivity index (χ1n) is 11.6. The molecule has 0 aliphatic carbocycles. The van der Waals surface area contributed by atoms with Crippen LogP contribution in [0.3, 0.4) is 0 Å². The highest BCUT2D eigenvalue weighted by Crippen LogP contribution is 2.61. The molecule has 4 atom stereocenters. The molecule has 3 saturated heterocycles. The molecular weight excluding hydrogens is 436 g/mol. The van der Waals surface area contributed by atoms with Crippen LogP contribution < -0.4 is 9.80 Å². The molecule has 2 aromatic carbocycles. The molecule has 9 heteroatoms. The smallest absolute Gasteiger partial charge is 0.274 e. The first kappa shape index (κ1) is 21.0. The number of carbonyl (C=O) groups excluding carboxylic acids is 3. The van der Waals surface area contributed by atoms with Crippen molar-refractivity contribution in [3.05, 3.63) is 63.7 Å². The van der Waals surface area contributed by atoms with Crippen molar-refractivity contribution in [2.45, 2.75) is 38.3 Å². The van der Waals surface area contributed by atoms with Gasteiger partial charge in [-0.3, -0.25) is 29.4 Å². The molecule has 0 saturated carbocycles. The molecule has 34 heavy (non-hydrogen) atoms. The highest BCUT2D eigenvalue weighted by molar-refractivity contribution is 6.26. The Kier molecular flexibility index (Phi) is 4.29. The van der Waals surface area contributed by atoms with Crippen LogP contribution in [0.4, 0.5) is 17.1 Å². The SMILES string of the molecule is CCN1C(=O)[C@]2(c3ccccc31)[C@@H]1C(=O)N(c3ccc(C)c([N+](=O)[O-])c3)C(=O)[C@H]1[C@@H]1CCCN12. The average molecular weight is 460 g/mol. The number of amides is 3. The van der Waals surface area contributed by atoms with Gasteiger partial charge in [-0.1, -0.05) is 24.3 Å². The number of rotatable bonds is 3. The van der Waals surface area contributed by atoms with Crippen molar-refractivity contribution in [1.82, 2.24) is 4.90 Å². The maximum absolute atomic E-state index is 14.1. The van der Waals surface area contributed by atoms with Crippen molar-refractivity contribution in [1.29, 1.82) is 0 Å². The monoisotopic (exact) mass is 460 g/mol. The molecule has 4 aliphatic rings. The fourth-order valence-corrected chi connectivity index (χ4v) is 6.84. The Morgan fingerprint density at radius 2 is 1.88 bits per heavy atom. The Morgan fingerprint density at radius 3 is 2.62 bits per heavy atom. The molecule has 0 aromatic heterocycles. The van der Waals surface area contributed by atoms with Gasteiger partial charge in [0, 0.05) is 35.5 Å². The highest BCUT2D eigenvalue weighted by Gasteiger charge is 2.75. The summed E-state index contributed by atoms with van der Waals surface area (Å²) in [4.78, 5) is 57.8. The number of carbonyl (C=O) groups is 3. The Labute approximate surface area is 196 Å². The van der Waals surface area contributed by atoms with E-state index in [1.807, 2.05) is 31.2 Å². The number of nitro groups is 1. The average Bonchev–Trinajstić information content (AvgIpc) is 3.52. The normalized spacial score (nSPS) is 29.8. The summed E-state index contributed by atoms with van der Waals surface area (Å²) >= 11 is 0. The number of hydrogen-bond donors (Lipinski definition) is 0. The molecule has 9 nitrogen and oxygen atoms in total. The van der Waals surface area contributed by atoms with Gasteiger partial charge in [0.15, 0.2) is 0 Å². The fourth-order valence-electron chi connectivity index (χ4n) is 6.84.